The van der Waals surface area contributed by atoms with Crippen LogP contribution in [0.25, 0.3) is 22.4 Å². The summed E-state index contributed by atoms with van der Waals surface area (Å²) in [7, 11) is 0. The van der Waals surface area contributed by atoms with Gasteiger partial charge < -0.3 is 14.0 Å². The topological polar surface area (TPSA) is 36.3 Å². The summed E-state index contributed by atoms with van der Waals surface area (Å²) in [6, 6.07) is 21.2. The molecule has 2 heterocycles. The fourth-order valence-electron chi connectivity index (χ4n) is 3.62. The Hall–Kier alpha value is -3.27. The summed E-state index contributed by atoms with van der Waals surface area (Å²) >= 11 is 0. The van der Waals surface area contributed by atoms with Gasteiger partial charge in [-0.25, -0.2) is 4.98 Å². The first-order valence-electron chi connectivity index (χ1n) is 9.60. The third-order valence-electron chi connectivity index (χ3n) is 5.18. The van der Waals surface area contributed by atoms with E-state index in [4.69, 9.17) is 14.5 Å². The van der Waals surface area contributed by atoms with Crippen LogP contribution in [0.5, 0.6) is 11.5 Å². The van der Waals surface area contributed by atoms with E-state index >= 15 is 0 Å². The third kappa shape index (κ3) is 3.01. The number of imidazole rings is 1. The van der Waals surface area contributed by atoms with Crippen molar-refractivity contribution in [2.24, 2.45) is 0 Å². The van der Waals surface area contributed by atoms with E-state index in [1.165, 1.54) is 16.7 Å². The summed E-state index contributed by atoms with van der Waals surface area (Å²) in [6.45, 7) is 6.11. The van der Waals surface area contributed by atoms with Crippen LogP contribution in [0, 0.1) is 13.8 Å². The maximum atomic E-state index is 5.82. The largest absolute Gasteiger partial charge is 0.486 e. The van der Waals surface area contributed by atoms with E-state index < -0.39 is 0 Å². The van der Waals surface area contributed by atoms with Crippen LogP contribution in [0.3, 0.4) is 0 Å². The predicted molar refractivity (Wildman–Crippen MR) is 111 cm³/mol. The lowest BCUT2D eigenvalue weighted by Gasteiger charge is -2.18. The molecule has 1 aromatic heterocycles. The van der Waals surface area contributed by atoms with Crippen LogP contribution in [0.2, 0.25) is 0 Å². The summed E-state index contributed by atoms with van der Waals surface area (Å²) in [5.41, 5.74) is 6.83. The van der Waals surface area contributed by atoms with Gasteiger partial charge in [-0.2, -0.15) is 0 Å². The molecule has 1 aliphatic heterocycles. The minimum atomic E-state index is 0.577. The van der Waals surface area contributed by atoms with Crippen molar-refractivity contribution in [2.45, 2.75) is 20.4 Å². The Bertz CT molecular complexity index is 1140. The summed E-state index contributed by atoms with van der Waals surface area (Å²) in [6.07, 6.45) is 0. The number of hydrogen-bond donors (Lipinski definition) is 0. The van der Waals surface area contributed by atoms with Crippen molar-refractivity contribution < 1.29 is 9.47 Å². The van der Waals surface area contributed by atoms with Crippen molar-refractivity contribution >= 4 is 11.0 Å². The van der Waals surface area contributed by atoms with Gasteiger partial charge in [0.05, 0.1) is 11.0 Å². The zero-order valence-electron chi connectivity index (χ0n) is 16.1. The molecular weight excluding hydrogens is 348 g/mol. The number of aryl methyl sites for hydroxylation is 2. The number of benzene rings is 3. The Balaban J connectivity index is 1.69. The lowest BCUT2D eigenvalue weighted by atomic mass is 10.1. The Labute approximate surface area is 164 Å². The molecule has 4 aromatic rings. The van der Waals surface area contributed by atoms with Gasteiger partial charge >= 0.3 is 0 Å². The van der Waals surface area contributed by atoms with Gasteiger partial charge in [-0.15, -0.1) is 0 Å². The van der Waals surface area contributed by atoms with E-state index in [1.54, 1.807) is 0 Å². The maximum absolute atomic E-state index is 5.82. The van der Waals surface area contributed by atoms with Gasteiger partial charge in [0.2, 0.25) is 0 Å². The molecule has 0 bridgehead atoms. The lowest BCUT2D eigenvalue weighted by Crippen LogP contribution is -2.15. The number of fused-ring (bicyclic) bond motifs is 2. The summed E-state index contributed by atoms with van der Waals surface area (Å²) in [4.78, 5) is 4.96. The molecule has 4 heteroatoms. The fourth-order valence-corrected chi connectivity index (χ4v) is 3.62. The van der Waals surface area contributed by atoms with Crippen molar-refractivity contribution in [1.82, 2.24) is 9.55 Å². The molecular formula is C24H22N2O2. The Kier molecular flexibility index (Phi) is 4.05. The third-order valence-corrected chi connectivity index (χ3v) is 5.18. The second kappa shape index (κ2) is 6.71. The number of ether oxygens (including phenoxy) is 2. The number of nitrogens with zero attached hydrogens (tertiary/aromatic N) is 2. The van der Waals surface area contributed by atoms with Crippen LogP contribution < -0.4 is 9.47 Å². The van der Waals surface area contributed by atoms with Gasteiger partial charge in [0.15, 0.2) is 11.5 Å². The predicted octanol–water partition coefficient (Wildman–Crippen LogP) is 5.14. The molecule has 4 nitrogen and oxygen atoms in total. The van der Waals surface area contributed by atoms with E-state index in [9.17, 15) is 0 Å². The van der Waals surface area contributed by atoms with Gasteiger partial charge in [0.1, 0.15) is 19.0 Å². The van der Waals surface area contributed by atoms with Gasteiger partial charge in [0, 0.05) is 24.2 Å². The Morgan fingerprint density at radius 3 is 2.11 bits per heavy atom. The van der Waals surface area contributed by atoms with Crippen molar-refractivity contribution in [3.05, 3.63) is 77.4 Å². The van der Waals surface area contributed by atoms with Crippen LogP contribution in [0.15, 0.2) is 60.7 Å². The molecule has 0 atom stereocenters. The maximum Gasteiger partial charge on any atom is 0.163 e. The SMILES string of the molecule is Cc1ccc(Cn2c(-c3ccc(C)cc3)nc3cc4c(cc32)OCCO4)cc1. The van der Waals surface area contributed by atoms with Crippen molar-refractivity contribution in [3.63, 3.8) is 0 Å². The van der Waals surface area contributed by atoms with Crippen LogP contribution in [0.4, 0.5) is 0 Å². The highest BCUT2D eigenvalue weighted by Crippen LogP contribution is 2.36. The van der Waals surface area contributed by atoms with Gasteiger partial charge in [-0.3, -0.25) is 0 Å². The van der Waals surface area contributed by atoms with Crippen LogP contribution in [0.1, 0.15) is 16.7 Å². The van der Waals surface area contributed by atoms with Crippen molar-refractivity contribution in [2.75, 3.05) is 13.2 Å². The number of rotatable bonds is 3. The zero-order chi connectivity index (χ0) is 19.1. The first kappa shape index (κ1) is 16.9. The molecule has 1 aliphatic rings. The van der Waals surface area contributed by atoms with E-state index in [0.717, 1.165) is 40.5 Å². The molecule has 0 spiro atoms. The fraction of sp³-hybridized carbons (Fsp3) is 0.208. The second-order valence-electron chi connectivity index (χ2n) is 7.36. The Morgan fingerprint density at radius 2 is 1.43 bits per heavy atom. The van der Waals surface area contributed by atoms with E-state index in [2.05, 4.69) is 73.0 Å². The summed E-state index contributed by atoms with van der Waals surface area (Å²) in [5.74, 6) is 2.52. The highest BCUT2D eigenvalue weighted by atomic mass is 16.6. The molecule has 0 fully saturated rings. The molecule has 0 amide bonds. The molecule has 0 aliphatic carbocycles. The molecule has 0 N–H and O–H groups in total. The number of hydrogen-bond acceptors (Lipinski definition) is 3. The molecule has 0 radical (unpaired) electrons. The van der Waals surface area contributed by atoms with E-state index in [-0.39, 0.29) is 0 Å². The van der Waals surface area contributed by atoms with Crippen LogP contribution >= 0.6 is 0 Å². The zero-order valence-corrected chi connectivity index (χ0v) is 16.1. The smallest absolute Gasteiger partial charge is 0.163 e. The molecule has 0 saturated carbocycles. The summed E-state index contributed by atoms with van der Waals surface area (Å²) < 4.78 is 13.8. The standard InChI is InChI=1S/C24H22N2O2/c1-16-3-7-18(8-4-16)15-26-21-14-23-22(27-11-12-28-23)13-20(21)25-24(26)19-9-5-17(2)6-10-19/h3-10,13-14H,11-12,15H2,1-2H3. The monoisotopic (exact) mass is 370 g/mol. The normalized spacial score (nSPS) is 13.1. The van der Waals surface area contributed by atoms with Crippen molar-refractivity contribution in [1.29, 1.82) is 0 Å². The van der Waals surface area contributed by atoms with E-state index in [1.807, 2.05) is 6.07 Å². The average Bonchev–Trinajstić information content (AvgIpc) is 3.06. The molecule has 5 rings (SSSR count). The van der Waals surface area contributed by atoms with Crippen LogP contribution in [-0.4, -0.2) is 22.8 Å². The van der Waals surface area contributed by atoms with Gasteiger partial charge in [0.25, 0.3) is 0 Å². The lowest BCUT2D eigenvalue weighted by molar-refractivity contribution is 0.172. The highest BCUT2D eigenvalue weighted by molar-refractivity contribution is 5.84. The first-order valence-corrected chi connectivity index (χ1v) is 9.60. The Morgan fingerprint density at radius 1 is 0.821 bits per heavy atom. The quantitative estimate of drug-likeness (QED) is 0.501. The molecule has 0 saturated heterocycles. The second-order valence-corrected chi connectivity index (χ2v) is 7.36. The average molecular weight is 370 g/mol. The van der Waals surface area contributed by atoms with Gasteiger partial charge in [-0.05, 0) is 19.4 Å². The minimum Gasteiger partial charge on any atom is -0.486 e. The molecule has 3 aromatic carbocycles. The minimum absolute atomic E-state index is 0.577. The van der Waals surface area contributed by atoms with Crippen LogP contribution in [-0.2, 0) is 6.54 Å². The van der Waals surface area contributed by atoms with Crippen molar-refractivity contribution in [3.8, 4) is 22.9 Å². The highest BCUT2D eigenvalue weighted by Gasteiger charge is 2.19. The van der Waals surface area contributed by atoms with E-state index in [0.29, 0.717) is 13.2 Å². The molecule has 28 heavy (non-hydrogen) atoms. The summed E-state index contributed by atoms with van der Waals surface area (Å²) in [5, 5.41) is 0. The first-order chi connectivity index (χ1) is 13.7. The number of aromatic nitrogens is 2. The van der Waals surface area contributed by atoms with Gasteiger partial charge in [-0.1, -0.05) is 59.7 Å². The molecule has 140 valence electrons. The molecule has 0 unspecified atom stereocenters.